The van der Waals surface area contributed by atoms with Crippen molar-refractivity contribution in [2.24, 2.45) is 0 Å². The van der Waals surface area contributed by atoms with E-state index in [0.29, 0.717) is 16.9 Å². The van der Waals surface area contributed by atoms with Gasteiger partial charge in [-0.25, -0.2) is 4.79 Å². The molecule has 3 aromatic carbocycles. The molecule has 0 aliphatic carbocycles. The van der Waals surface area contributed by atoms with Crippen LogP contribution in [0.2, 0.25) is 0 Å². The lowest BCUT2D eigenvalue weighted by Crippen LogP contribution is -2.11. The van der Waals surface area contributed by atoms with Crippen LogP contribution in [0.5, 0.6) is 11.5 Å². The average molecular weight is 504 g/mol. The summed E-state index contributed by atoms with van der Waals surface area (Å²) in [5, 5.41) is 11.2. The summed E-state index contributed by atoms with van der Waals surface area (Å²) in [6.45, 7) is 6.36. The first-order valence-corrected chi connectivity index (χ1v) is 13.2. The molecule has 0 atom stereocenters. The van der Waals surface area contributed by atoms with Gasteiger partial charge < -0.3 is 9.47 Å². The van der Waals surface area contributed by atoms with Crippen LogP contribution >= 0.6 is 0 Å². The van der Waals surface area contributed by atoms with Gasteiger partial charge in [0.1, 0.15) is 11.5 Å². The highest BCUT2D eigenvalue weighted by Crippen LogP contribution is 2.27. The summed E-state index contributed by atoms with van der Waals surface area (Å²) in [4.78, 5) is 23.4. The first-order chi connectivity index (χ1) is 17.9. The van der Waals surface area contributed by atoms with Gasteiger partial charge in [-0.2, -0.15) is 0 Å². The Morgan fingerprint density at radius 2 is 1.30 bits per heavy atom. The third-order valence-electron chi connectivity index (χ3n) is 6.48. The summed E-state index contributed by atoms with van der Waals surface area (Å²) in [6, 6.07) is 18.1. The molecule has 0 aliphatic heterocycles. The number of nitrogens with zero attached hydrogens (tertiary/aromatic N) is 1. The number of carbonyl (C=O) groups excluding carboxylic acids is 1. The number of nitro groups is 1. The average Bonchev–Trinajstić information content (AvgIpc) is 2.88. The topological polar surface area (TPSA) is 78.7 Å². The second-order valence-electron chi connectivity index (χ2n) is 9.47. The number of nitro benzene ring substituents is 1. The van der Waals surface area contributed by atoms with Crippen molar-refractivity contribution in [2.75, 3.05) is 6.61 Å². The highest BCUT2D eigenvalue weighted by atomic mass is 16.6. The minimum Gasteiger partial charge on any atom is -0.494 e. The van der Waals surface area contributed by atoms with E-state index in [0.717, 1.165) is 29.9 Å². The molecular weight excluding hydrogens is 466 g/mol. The molecule has 0 saturated carbocycles. The molecule has 0 saturated heterocycles. The molecular formula is C31H37NO5. The van der Waals surface area contributed by atoms with Gasteiger partial charge in [0.2, 0.25) is 0 Å². The Balaban J connectivity index is 1.49. The molecule has 0 amide bonds. The fourth-order valence-electron chi connectivity index (χ4n) is 4.30. The van der Waals surface area contributed by atoms with E-state index in [1.165, 1.54) is 51.0 Å². The molecule has 0 unspecified atom stereocenters. The van der Waals surface area contributed by atoms with Crippen LogP contribution in [0.25, 0.3) is 11.1 Å². The van der Waals surface area contributed by atoms with E-state index in [9.17, 15) is 14.9 Å². The summed E-state index contributed by atoms with van der Waals surface area (Å²) < 4.78 is 11.4. The van der Waals surface area contributed by atoms with Crippen LogP contribution in [0, 0.1) is 24.0 Å². The third kappa shape index (κ3) is 8.45. The molecule has 0 fully saturated rings. The van der Waals surface area contributed by atoms with Crippen molar-refractivity contribution in [3.05, 3.63) is 87.5 Å². The number of benzene rings is 3. The minimum absolute atomic E-state index is 0.0990. The highest BCUT2D eigenvalue weighted by Gasteiger charge is 2.19. The molecule has 37 heavy (non-hydrogen) atoms. The molecule has 0 spiro atoms. The molecule has 0 N–H and O–H groups in total. The van der Waals surface area contributed by atoms with E-state index in [2.05, 4.69) is 6.92 Å². The largest absolute Gasteiger partial charge is 0.494 e. The van der Waals surface area contributed by atoms with Gasteiger partial charge in [-0.3, -0.25) is 10.1 Å². The van der Waals surface area contributed by atoms with Crippen LogP contribution in [0.3, 0.4) is 0 Å². The zero-order valence-corrected chi connectivity index (χ0v) is 22.1. The molecule has 6 nitrogen and oxygen atoms in total. The lowest BCUT2D eigenvalue weighted by atomic mass is 10.0. The van der Waals surface area contributed by atoms with Gasteiger partial charge in [-0.05, 0) is 67.3 Å². The van der Waals surface area contributed by atoms with Crippen LogP contribution in [0.15, 0.2) is 60.7 Å². The Morgan fingerprint density at radius 3 is 1.86 bits per heavy atom. The summed E-state index contributed by atoms with van der Waals surface area (Å²) in [5.41, 5.74) is 3.24. The normalized spacial score (nSPS) is 10.8. The maximum atomic E-state index is 12.7. The molecule has 0 radical (unpaired) electrons. The number of ether oxygens (including phenoxy) is 2. The highest BCUT2D eigenvalue weighted by molar-refractivity contribution is 5.93. The van der Waals surface area contributed by atoms with Gasteiger partial charge in [0.15, 0.2) is 0 Å². The standard InChI is InChI=1S/C31H37NO5/c1-4-5-6-7-8-9-10-11-20-36-27-16-12-25(13-17-27)26-14-18-28(19-15-26)37-31(33)29-22-30(32(34)35)24(3)21-23(29)2/h12-19,21-22H,4-11,20H2,1-3H3. The van der Waals surface area contributed by atoms with Crippen molar-refractivity contribution in [3.63, 3.8) is 0 Å². The van der Waals surface area contributed by atoms with Gasteiger partial charge >= 0.3 is 5.97 Å². The van der Waals surface area contributed by atoms with Crippen molar-refractivity contribution in [2.45, 2.75) is 72.1 Å². The van der Waals surface area contributed by atoms with Crippen LogP contribution in [-0.2, 0) is 0 Å². The first-order valence-electron chi connectivity index (χ1n) is 13.2. The smallest absolute Gasteiger partial charge is 0.344 e. The molecule has 3 aromatic rings. The Morgan fingerprint density at radius 1 is 0.757 bits per heavy atom. The van der Waals surface area contributed by atoms with Crippen LogP contribution in [0.1, 0.15) is 79.8 Å². The predicted molar refractivity (Wildman–Crippen MR) is 148 cm³/mol. The monoisotopic (exact) mass is 503 g/mol. The summed E-state index contributed by atoms with van der Waals surface area (Å²) in [6.07, 6.45) is 10.2. The molecule has 3 rings (SSSR count). The number of carbonyl (C=O) groups is 1. The van der Waals surface area contributed by atoms with Gasteiger partial charge in [0, 0.05) is 11.6 Å². The van der Waals surface area contributed by atoms with Crippen molar-refractivity contribution in [1.82, 2.24) is 0 Å². The van der Waals surface area contributed by atoms with Crippen molar-refractivity contribution >= 4 is 11.7 Å². The van der Waals surface area contributed by atoms with Crippen LogP contribution in [0.4, 0.5) is 5.69 Å². The van der Waals surface area contributed by atoms with E-state index in [-0.39, 0.29) is 11.3 Å². The van der Waals surface area contributed by atoms with E-state index in [4.69, 9.17) is 9.47 Å². The predicted octanol–water partition coefficient (Wildman–Crippen LogP) is 8.62. The second kappa shape index (κ2) is 14.2. The molecule has 196 valence electrons. The van der Waals surface area contributed by atoms with Crippen molar-refractivity contribution < 1.29 is 19.2 Å². The molecule has 0 aliphatic rings. The van der Waals surface area contributed by atoms with Gasteiger partial charge in [-0.15, -0.1) is 0 Å². The Bertz CT molecular complexity index is 1170. The van der Waals surface area contributed by atoms with Crippen molar-refractivity contribution in [1.29, 1.82) is 0 Å². The first kappa shape index (κ1) is 27.9. The Hall–Kier alpha value is -3.67. The lowest BCUT2D eigenvalue weighted by molar-refractivity contribution is -0.385. The summed E-state index contributed by atoms with van der Waals surface area (Å²) in [5.74, 6) is 0.618. The van der Waals surface area contributed by atoms with Crippen LogP contribution < -0.4 is 9.47 Å². The number of hydrogen-bond acceptors (Lipinski definition) is 5. The number of unbranched alkanes of at least 4 members (excludes halogenated alkanes) is 7. The summed E-state index contributed by atoms with van der Waals surface area (Å²) >= 11 is 0. The van der Waals surface area contributed by atoms with Gasteiger partial charge in [0.25, 0.3) is 5.69 Å². The quantitative estimate of drug-likeness (QED) is 0.0723. The van der Waals surface area contributed by atoms with Crippen molar-refractivity contribution in [3.8, 4) is 22.6 Å². The molecule has 0 aromatic heterocycles. The SMILES string of the molecule is CCCCCCCCCCOc1ccc(-c2ccc(OC(=O)c3cc([N+](=O)[O-])c(C)cc3C)cc2)cc1. The molecule has 0 bridgehead atoms. The number of hydrogen-bond donors (Lipinski definition) is 0. The zero-order valence-electron chi connectivity index (χ0n) is 22.1. The van der Waals surface area contributed by atoms with E-state index in [1.807, 2.05) is 36.4 Å². The third-order valence-corrected chi connectivity index (χ3v) is 6.48. The Kier molecular flexibility index (Phi) is 10.7. The number of rotatable bonds is 14. The Labute approximate surface area is 219 Å². The maximum absolute atomic E-state index is 12.7. The fraction of sp³-hybridized carbons (Fsp3) is 0.387. The fourth-order valence-corrected chi connectivity index (χ4v) is 4.30. The van der Waals surface area contributed by atoms with Gasteiger partial charge in [-0.1, -0.05) is 76.1 Å². The van der Waals surface area contributed by atoms with Crippen LogP contribution in [-0.4, -0.2) is 17.5 Å². The zero-order chi connectivity index (χ0) is 26.6. The molecule has 6 heteroatoms. The molecule has 0 heterocycles. The van der Waals surface area contributed by atoms with E-state index in [1.54, 1.807) is 32.0 Å². The summed E-state index contributed by atoms with van der Waals surface area (Å²) in [7, 11) is 0. The number of aryl methyl sites for hydroxylation is 2. The van der Waals surface area contributed by atoms with E-state index < -0.39 is 10.9 Å². The lowest BCUT2D eigenvalue weighted by Gasteiger charge is -2.10. The maximum Gasteiger partial charge on any atom is 0.344 e. The van der Waals surface area contributed by atoms with Gasteiger partial charge in [0.05, 0.1) is 17.1 Å². The number of esters is 1. The van der Waals surface area contributed by atoms with E-state index >= 15 is 0 Å². The minimum atomic E-state index is -0.619. The second-order valence-corrected chi connectivity index (χ2v) is 9.47.